The fraction of sp³-hybridized carbons (Fsp3) is 0.667. The molecule has 2 heterocycles. The van der Waals surface area contributed by atoms with E-state index in [1.54, 1.807) is 12.1 Å². The minimum Gasteiger partial charge on any atom is -0.464 e. The summed E-state index contributed by atoms with van der Waals surface area (Å²) in [6, 6.07) is 3.49. The molecule has 1 aliphatic rings. The van der Waals surface area contributed by atoms with E-state index >= 15 is 0 Å². The molecule has 1 saturated heterocycles. The van der Waals surface area contributed by atoms with Crippen LogP contribution >= 0.6 is 11.8 Å². The highest BCUT2D eigenvalue weighted by atomic mass is 32.2. The van der Waals surface area contributed by atoms with Crippen molar-refractivity contribution in [2.45, 2.75) is 43.7 Å². The Balaban J connectivity index is 1.61. The van der Waals surface area contributed by atoms with Gasteiger partial charge in [0.2, 0.25) is 5.91 Å². The molecule has 0 spiro atoms. The molecular formula is C15H22F2N2O2S. The summed E-state index contributed by atoms with van der Waals surface area (Å²) in [5.74, 6) is -0.764. The highest BCUT2D eigenvalue weighted by molar-refractivity contribution is 7.98. The lowest BCUT2D eigenvalue weighted by atomic mass is 10.1. The van der Waals surface area contributed by atoms with Gasteiger partial charge in [-0.1, -0.05) is 11.8 Å². The molecule has 1 amide bonds. The third-order valence-corrected chi connectivity index (χ3v) is 4.30. The molecule has 22 heavy (non-hydrogen) atoms. The largest absolute Gasteiger partial charge is 0.464 e. The number of amides is 1. The van der Waals surface area contributed by atoms with Crippen LogP contribution in [0.2, 0.25) is 0 Å². The molecule has 0 radical (unpaired) electrons. The number of halogens is 2. The predicted molar refractivity (Wildman–Crippen MR) is 82.8 cm³/mol. The van der Waals surface area contributed by atoms with E-state index in [2.05, 4.69) is 5.32 Å². The first-order chi connectivity index (χ1) is 10.6. The molecular weight excluding hydrogens is 310 g/mol. The Morgan fingerprint density at radius 3 is 2.73 bits per heavy atom. The van der Waals surface area contributed by atoms with Crippen molar-refractivity contribution in [1.29, 1.82) is 0 Å². The van der Waals surface area contributed by atoms with E-state index in [4.69, 9.17) is 4.42 Å². The summed E-state index contributed by atoms with van der Waals surface area (Å²) < 4.78 is 29.6. The van der Waals surface area contributed by atoms with Crippen LogP contribution < -0.4 is 5.32 Å². The van der Waals surface area contributed by atoms with E-state index in [0.29, 0.717) is 42.8 Å². The van der Waals surface area contributed by atoms with Gasteiger partial charge in [0.05, 0.1) is 12.3 Å². The van der Waals surface area contributed by atoms with Gasteiger partial charge in [-0.2, -0.15) is 8.78 Å². The van der Waals surface area contributed by atoms with Gasteiger partial charge in [0.15, 0.2) is 0 Å². The molecule has 1 fully saturated rings. The van der Waals surface area contributed by atoms with Crippen LogP contribution in [-0.4, -0.2) is 36.2 Å². The smallest absolute Gasteiger partial charge is 0.284 e. The Morgan fingerprint density at radius 1 is 1.27 bits per heavy atom. The minimum atomic E-state index is -2.38. The zero-order valence-electron chi connectivity index (χ0n) is 12.5. The fourth-order valence-electron chi connectivity index (χ4n) is 2.45. The van der Waals surface area contributed by atoms with Crippen LogP contribution in [0.1, 0.15) is 37.2 Å². The topological polar surface area (TPSA) is 45.5 Å². The van der Waals surface area contributed by atoms with Gasteiger partial charge < -0.3 is 14.6 Å². The molecule has 2 rings (SSSR count). The summed E-state index contributed by atoms with van der Waals surface area (Å²) in [5.41, 5.74) is 0. The maximum atomic E-state index is 12.1. The number of alkyl halides is 2. The second-order valence-corrected chi connectivity index (χ2v) is 6.29. The third kappa shape index (κ3) is 5.96. The summed E-state index contributed by atoms with van der Waals surface area (Å²) in [7, 11) is 0. The first kappa shape index (κ1) is 17.3. The van der Waals surface area contributed by atoms with Crippen LogP contribution in [0.3, 0.4) is 0 Å². The first-order valence-electron chi connectivity index (χ1n) is 7.61. The van der Waals surface area contributed by atoms with Crippen LogP contribution in [-0.2, 0) is 17.1 Å². The normalized spacial score (nSPS) is 15.5. The van der Waals surface area contributed by atoms with Gasteiger partial charge in [-0.3, -0.25) is 4.79 Å². The second kappa shape index (κ2) is 9.15. The highest BCUT2D eigenvalue weighted by Crippen LogP contribution is 2.21. The van der Waals surface area contributed by atoms with E-state index in [-0.39, 0.29) is 11.7 Å². The van der Waals surface area contributed by atoms with Crippen molar-refractivity contribution in [1.82, 2.24) is 10.2 Å². The Bertz CT molecular complexity index is 462. The number of likely N-dealkylation sites (tertiary alicyclic amines) is 1. The van der Waals surface area contributed by atoms with Crippen LogP contribution in [0.5, 0.6) is 0 Å². The fourth-order valence-corrected chi connectivity index (χ4v) is 2.89. The number of furan rings is 1. The summed E-state index contributed by atoms with van der Waals surface area (Å²) in [4.78, 5) is 13.9. The Hall–Kier alpha value is -1.08. The van der Waals surface area contributed by atoms with Gasteiger partial charge in [0.25, 0.3) is 5.76 Å². The Labute approximate surface area is 133 Å². The maximum absolute atomic E-state index is 12.1. The molecule has 0 saturated carbocycles. The molecule has 0 aromatic carbocycles. The molecule has 1 aliphatic heterocycles. The lowest BCUT2D eigenvalue weighted by Crippen LogP contribution is -2.37. The van der Waals surface area contributed by atoms with Crippen molar-refractivity contribution in [3.8, 4) is 0 Å². The number of nitrogens with one attached hydrogen (secondary N) is 1. The molecule has 0 aliphatic carbocycles. The van der Waals surface area contributed by atoms with Crippen molar-refractivity contribution >= 4 is 17.7 Å². The first-order valence-corrected chi connectivity index (χ1v) is 8.66. The zero-order chi connectivity index (χ0) is 15.8. The Morgan fingerprint density at radius 2 is 2.00 bits per heavy atom. The quantitative estimate of drug-likeness (QED) is 0.743. The number of rotatable bonds is 8. The molecule has 4 nitrogen and oxygen atoms in total. The lowest BCUT2D eigenvalue weighted by Gasteiger charge is -2.26. The average molecular weight is 332 g/mol. The summed E-state index contributed by atoms with van der Waals surface area (Å²) in [6.45, 7) is 2.86. The molecule has 1 aromatic heterocycles. The maximum Gasteiger partial charge on any atom is 0.284 e. The van der Waals surface area contributed by atoms with Gasteiger partial charge in [-0.05, 0) is 31.4 Å². The van der Waals surface area contributed by atoms with E-state index in [1.807, 2.05) is 4.90 Å². The van der Waals surface area contributed by atoms with Gasteiger partial charge >= 0.3 is 0 Å². The molecule has 1 aromatic rings. The number of piperidine rings is 1. The zero-order valence-corrected chi connectivity index (χ0v) is 13.3. The van der Waals surface area contributed by atoms with E-state index in [1.165, 1.54) is 6.42 Å². The van der Waals surface area contributed by atoms with Gasteiger partial charge in [0.1, 0.15) is 11.5 Å². The van der Waals surface area contributed by atoms with Crippen LogP contribution in [0, 0.1) is 0 Å². The van der Waals surface area contributed by atoms with Gasteiger partial charge in [-0.15, -0.1) is 0 Å². The van der Waals surface area contributed by atoms with Crippen molar-refractivity contribution < 1.29 is 18.0 Å². The van der Waals surface area contributed by atoms with Crippen LogP contribution in [0.15, 0.2) is 16.5 Å². The lowest BCUT2D eigenvalue weighted by molar-refractivity contribution is -0.131. The molecule has 124 valence electrons. The summed E-state index contributed by atoms with van der Waals surface area (Å²) in [6.07, 6.45) is 3.90. The number of thioether (sulfide) groups is 1. The average Bonchev–Trinajstić information content (AvgIpc) is 2.98. The number of hydrogen-bond acceptors (Lipinski definition) is 4. The van der Waals surface area contributed by atoms with Crippen molar-refractivity contribution in [2.75, 3.05) is 19.6 Å². The van der Waals surface area contributed by atoms with E-state index < -0.39 is 5.76 Å². The highest BCUT2D eigenvalue weighted by Gasteiger charge is 2.15. The van der Waals surface area contributed by atoms with Crippen molar-refractivity contribution in [3.05, 3.63) is 23.7 Å². The molecule has 7 heteroatoms. The molecule has 1 N–H and O–H groups in total. The van der Waals surface area contributed by atoms with E-state index in [9.17, 15) is 13.6 Å². The summed E-state index contributed by atoms with van der Waals surface area (Å²) >= 11 is 0.548. The Kier molecular flexibility index (Phi) is 7.18. The van der Waals surface area contributed by atoms with Gasteiger partial charge in [-0.25, -0.2) is 0 Å². The van der Waals surface area contributed by atoms with E-state index in [0.717, 1.165) is 25.9 Å². The molecule has 0 bridgehead atoms. The van der Waals surface area contributed by atoms with Crippen LogP contribution in [0.25, 0.3) is 0 Å². The van der Waals surface area contributed by atoms with Crippen molar-refractivity contribution in [2.24, 2.45) is 0 Å². The second-order valence-electron chi connectivity index (χ2n) is 5.31. The number of carbonyl (C=O) groups excluding carboxylic acids is 1. The number of hydrogen-bond donors (Lipinski definition) is 1. The monoisotopic (exact) mass is 332 g/mol. The van der Waals surface area contributed by atoms with Crippen LogP contribution in [0.4, 0.5) is 8.78 Å². The predicted octanol–water partition coefficient (Wildman–Crippen LogP) is 3.23. The molecule has 0 unspecified atom stereocenters. The molecule has 0 atom stereocenters. The third-order valence-electron chi connectivity index (χ3n) is 3.59. The van der Waals surface area contributed by atoms with Crippen molar-refractivity contribution in [3.63, 3.8) is 0 Å². The van der Waals surface area contributed by atoms with Gasteiger partial charge in [0, 0.05) is 26.1 Å². The SMILES string of the molecule is O=C(CCNCc1ccc(CSC(F)F)o1)N1CCCCC1. The number of carbonyl (C=O) groups is 1. The minimum absolute atomic E-state index is 0.172. The summed E-state index contributed by atoms with van der Waals surface area (Å²) in [5, 5.41) is 3.15. The number of nitrogens with zero attached hydrogens (tertiary/aromatic N) is 1. The standard InChI is InChI=1S/C15H22F2N2O2S/c16-15(17)22-11-13-5-4-12(21-13)10-18-7-6-14(20)19-8-2-1-3-9-19/h4-5,15,18H,1-3,6-11H2.